The molecule has 156 valence electrons. The lowest BCUT2D eigenvalue weighted by Gasteiger charge is -2.31. The van der Waals surface area contributed by atoms with Crippen LogP contribution >= 0.6 is 11.6 Å². The quantitative estimate of drug-likeness (QED) is 0.558. The fourth-order valence-electron chi connectivity index (χ4n) is 3.70. The Morgan fingerprint density at radius 3 is 2.83 bits per heavy atom. The lowest BCUT2D eigenvalue weighted by molar-refractivity contribution is -0.134. The fourth-order valence-corrected chi connectivity index (χ4v) is 3.90. The Kier molecular flexibility index (Phi) is 6.38. The molecule has 5 nitrogen and oxygen atoms in total. The van der Waals surface area contributed by atoms with Gasteiger partial charge in [0.15, 0.2) is 12.5 Å². The van der Waals surface area contributed by atoms with Crippen LogP contribution < -0.4 is 4.74 Å². The van der Waals surface area contributed by atoms with E-state index in [4.69, 9.17) is 20.8 Å². The Morgan fingerprint density at radius 1 is 1.23 bits per heavy atom. The van der Waals surface area contributed by atoms with Gasteiger partial charge in [0.2, 0.25) is 0 Å². The van der Waals surface area contributed by atoms with Crippen LogP contribution in [0, 0.1) is 6.92 Å². The minimum Gasteiger partial charge on any atom is -0.484 e. The van der Waals surface area contributed by atoms with Crippen LogP contribution in [0.3, 0.4) is 0 Å². The van der Waals surface area contributed by atoms with Gasteiger partial charge >= 0.3 is 0 Å². The van der Waals surface area contributed by atoms with Crippen molar-refractivity contribution in [1.29, 1.82) is 0 Å². The van der Waals surface area contributed by atoms with E-state index >= 15 is 0 Å². The van der Waals surface area contributed by atoms with Crippen molar-refractivity contribution in [2.24, 2.45) is 0 Å². The monoisotopic (exact) mass is 424 g/mol. The standard InChI is InChI=1S/C24H25ClN2O3/c1-17-8-10-20(11-9-17)29-16-23(28)27-12-4-6-19(15-27)24-26-14-21(30-24)13-18-5-2-3-7-22(18)25/h2-3,5,7-11,14,19H,4,6,12-13,15-16H2,1H3/t19-/m1/s1. The second-order valence-corrected chi connectivity index (χ2v) is 8.12. The molecule has 1 fully saturated rings. The highest BCUT2D eigenvalue weighted by molar-refractivity contribution is 6.31. The average Bonchev–Trinajstić information content (AvgIpc) is 3.23. The molecule has 0 radical (unpaired) electrons. The molecular formula is C24H25ClN2O3. The first-order valence-electron chi connectivity index (χ1n) is 10.2. The molecule has 0 aliphatic carbocycles. The summed E-state index contributed by atoms with van der Waals surface area (Å²) < 4.78 is 11.7. The van der Waals surface area contributed by atoms with Crippen molar-refractivity contribution >= 4 is 17.5 Å². The van der Waals surface area contributed by atoms with Crippen LogP contribution in [0.25, 0.3) is 0 Å². The number of hydrogen-bond acceptors (Lipinski definition) is 4. The first kappa shape index (κ1) is 20.5. The summed E-state index contributed by atoms with van der Waals surface area (Å²) in [6.45, 7) is 3.40. The third-order valence-corrected chi connectivity index (χ3v) is 5.77. The number of likely N-dealkylation sites (tertiary alicyclic amines) is 1. The van der Waals surface area contributed by atoms with Gasteiger partial charge in [0.25, 0.3) is 5.91 Å². The van der Waals surface area contributed by atoms with E-state index in [1.165, 1.54) is 0 Å². The molecular weight excluding hydrogens is 400 g/mol. The van der Waals surface area contributed by atoms with Crippen molar-refractivity contribution in [2.45, 2.75) is 32.1 Å². The van der Waals surface area contributed by atoms with Crippen molar-refractivity contribution in [3.8, 4) is 5.75 Å². The number of benzene rings is 2. The Bertz CT molecular complexity index is 1000. The Morgan fingerprint density at radius 2 is 2.03 bits per heavy atom. The van der Waals surface area contributed by atoms with Gasteiger partial charge in [0.1, 0.15) is 11.5 Å². The molecule has 1 saturated heterocycles. The summed E-state index contributed by atoms with van der Waals surface area (Å²) in [7, 11) is 0. The number of amides is 1. The molecule has 0 unspecified atom stereocenters. The number of rotatable bonds is 6. The Hall–Kier alpha value is -2.79. The van der Waals surface area contributed by atoms with Crippen LogP contribution in [-0.2, 0) is 11.2 Å². The fraction of sp³-hybridized carbons (Fsp3) is 0.333. The number of carbonyl (C=O) groups excluding carboxylic acids is 1. The van der Waals surface area contributed by atoms with E-state index in [2.05, 4.69) is 4.98 Å². The van der Waals surface area contributed by atoms with Crippen LogP contribution in [0.4, 0.5) is 0 Å². The zero-order chi connectivity index (χ0) is 20.9. The van der Waals surface area contributed by atoms with Crippen LogP contribution in [0.15, 0.2) is 59.1 Å². The summed E-state index contributed by atoms with van der Waals surface area (Å²) in [5.41, 5.74) is 2.17. The van der Waals surface area contributed by atoms with Gasteiger partial charge < -0.3 is 14.1 Å². The lowest BCUT2D eigenvalue weighted by Crippen LogP contribution is -2.41. The SMILES string of the molecule is Cc1ccc(OCC(=O)N2CCC[C@@H](c3ncc(Cc4ccccc4Cl)o3)C2)cc1. The number of halogens is 1. The van der Waals surface area contributed by atoms with Gasteiger partial charge in [0, 0.05) is 24.5 Å². The maximum atomic E-state index is 12.6. The molecule has 1 aliphatic rings. The van der Waals surface area contributed by atoms with E-state index < -0.39 is 0 Å². The van der Waals surface area contributed by atoms with E-state index in [-0.39, 0.29) is 18.4 Å². The summed E-state index contributed by atoms with van der Waals surface area (Å²) in [6.07, 6.45) is 4.24. The molecule has 0 spiro atoms. The van der Waals surface area contributed by atoms with Crippen LogP contribution in [0.2, 0.25) is 5.02 Å². The molecule has 3 aromatic rings. The Labute approximate surface area is 181 Å². The maximum absolute atomic E-state index is 12.6. The number of piperidine rings is 1. The Balaban J connectivity index is 1.34. The van der Waals surface area contributed by atoms with E-state index in [0.29, 0.717) is 24.6 Å². The number of aryl methyl sites for hydroxylation is 1. The third-order valence-electron chi connectivity index (χ3n) is 5.40. The summed E-state index contributed by atoms with van der Waals surface area (Å²) in [4.78, 5) is 19.0. The third kappa shape index (κ3) is 5.03. The first-order valence-corrected chi connectivity index (χ1v) is 10.6. The molecule has 1 amide bonds. The molecule has 30 heavy (non-hydrogen) atoms. The summed E-state index contributed by atoms with van der Waals surface area (Å²) in [5.74, 6) is 2.27. The van der Waals surface area contributed by atoms with E-state index in [9.17, 15) is 4.79 Å². The van der Waals surface area contributed by atoms with Crippen LogP contribution in [-0.4, -0.2) is 35.5 Å². The van der Waals surface area contributed by atoms with Crippen LogP contribution in [0.1, 0.15) is 41.5 Å². The molecule has 1 atom stereocenters. The minimum atomic E-state index is -0.0110. The zero-order valence-electron chi connectivity index (χ0n) is 17.0. The number of nitrogens with zero attached hydrogens (tertiary/aromatic N) is 2. The van der Waals surface area contributed by atoms with E-state index in [0.717, 1.165) is 41.3 Å². The highest BCUT2D eigenvalue weighted by Crippen LogP contribution is 2.28. The molecule has 1 aliphatic heterocycles. The molecule has 2 aromatic carbocycles. The molecule has 6 heteroatoms. The van der Waals surface area contributed by atoms with Gasteiger partial charge in [0.05, 0.1) is 12.1 Å². The van der Waals surface area contributed by atoms with Crippen molar-refractivity contribution in [2.75, 3.05) is 19.7 Å². The number of aromatic nitrogens is 1. The largest absolute Gasteiger partial charge is 0.484 e. The van der Waals surface area contributed by atoms with Crippen molar-refractivity contribution in [3.05, 3.63) is 82.5 Å². The topological polar surface area (TPSA) is 55.6 Å². The molecule has 0 saturated carbocycles. The molecule has 0 N–H and O–H groups in total. The van der Waals surface area contributed by atoms with Crippen molar-refractivity contribution in [1.82, 2.24) is 9.88 Å². The van der Waals surface area contributed by atoms with Crippen molar-refractivity contribution in [3.63, 3.8) is 0 Å². The summed E-state index contributed by atoms with van der Waals surface area (Å²) in [6, 6.07) is 15.4. The normalized spacial score (nSPS) is 16.5. The zero-order valence-corrected chi connectivity index (χ0v) is 17.8. The smallest absolute Gasteiger partial charge is 0.260 e. The van der Waals surface area contributed by atoms with E-state index in [1.54, 1.807) is 6.20 Å². The van der Waals surface area contributed by atoms with Gasteiger partial charge in [-0.1, -0.05) is 47.5 Å². The highest BCUT2D eigenvalue weighted by atomic mass is 35.5. The summed E-state index contributed by atoms with van der Waals surface area (Å²) >= 11 is 6.25. The first-order chi connectivity index (χ1) is 14.6. The predicted octanol–water partition coefficient (Wildman–Crippen LogP) is 5.01. The van der Waals surface area contributed by atoms with Crippen LogP contribution in [0.5, 0.6) is 5.75 Å². The maximum Gasteiger partial charge on any atom is 0.260 e. The average molecular weight is 425 g/mol. The lowest BCUT2D eigenvalue weighted by atomic mass is 9.98. The number of carbonyl (C=O) groups is 1. The number of ether oxygens (including phenoxy) is 1. The van der Waals surface area contributed by atoms with Crippen molar-refractivity contribution < 1.29 is 13.9 Å². The van der Waals surface area contributed by atoms with Gasteiger partial charge in [-0.3, -0.25) is 4.79 Å². The van der Waals surface area contributed by atoms with Gasteiger partial charge in [-0.15, -0.1) is 0 Å². The van der Waals surface area contributed by atoms with Gasteiger partial charge in [-0.2, -0.15) is 0 Å². The van der Waals surface area contributed by atoms with Gasteiger partial charge in [-0.05, 0) is 43.5 Å². The minimum absolute atomic E-state index is 0.0110. The predicted molar refractivity (Wildman–Crippen MR) is 116 cm³/mol. The molecule has 4 rings (SSSR count). The highest BCUT2D eigenvalue weighted by Gasteiger charge is 2.28. The van der Waals surface area contributed by atoms with E-state index in [1.807, 2.05) is 60.4 Å². The molecule has 2 heterocycles. The molecule has 1 aromatic heterocycles. The van der Waals surface area contributed by atoms with Gasteiger partial charge in [-0.25, -0.2) is 4.98 Å². The number of oxazole rings is 1. The second-order valence-electron chi connectivity index (χ2n) is 7.71. The second kappa shape index (κ2) is 9.35. The molecule has 0 bridgehead atoms. The summed E-state index contributed by atoms with van der Waals surface area (Å²) in [5, 5.41) is 0.721. The number of hydrogen-bond donors (Lipinski definition) is 0.